The molecule has 2 heteroatoms. The summed E-state index contributed by atoms with van der Waals surface area (Å²) in [6.45, 7) is 20.4. The van der Waals surface area contributed by atoms with Crippen LogP contribution in [0.5, 0.6) is 0 Å². The summed E-state index contributed by atoms with van der Waals surface area (Å²) < 4.78 is 0. The molecule has 0 bridgehead atoms. The van der Waals surface area contributed by atoms with Gasteiger partial charge in [0.1, 0.15) is 0 Å². The summed E-state index contributed by atoms with van der Waals surface area (Å²) in [5, 5.41) is 0. The lowest BCUT2D eigenvalue weighted by atomic mass is 9.95. The molecule has 0 saturated carbocycles. The van der Waals surface area contributed by atoms with E-state index in [1.165, 1.54) is 25.7 Å². The molecule has 0 aromatic carbocycles. The number of hydrogen-bond donors (Lipinski definition) is 0. The van der Waals surface area contributed by atoms with Crippen LogP contribution in [-0.2, 0) is 0 Å². The Morgan fingerprint density at radius 1 is 1.00 bits per heavy atom. The average Bonchev–Trinajstić information content (AvgIpc) is 1.95. The summed E-state index contributed by atoms with van der Waals surface area (Å²) in [5.41, 5.74) is 0.497. The van der Waals surface area contributed by atoms with Gasteiger partial charge in [0.2, 0.25) is 0 Å². The van der Waals surface area contributed by atoms with Gasteiger partial charge in [0.15, 0.2) is 0 Å². The van der Waals surface area contributed by atoms with E-state index in [1.54, 1.807) is 0 Å². The van der Waals surface area contributed by atoms with Gasteiger partial charge in [-0.05, 0) is 18.5 Å². The fourth-order valence-electron chi connectivity index (χ4n) is 2.54. The van der Waals surface area contributed by atoms with E-state index in [9.17, 15) is 0 Å². The second-order valence-corrected chi connectivity index (χ2v) is 11.8. The molecule has 1 nitrogen and oxygen atoms in total. The van der Waals surface area contributed by atoms with E-state index >= 15 is 0 Å². The van der Waals surface area contributed by atoms with Crippen LogP contribution in [0.3, 0.4) is 0 Å². The van der Waals surface area contributed by atoms with Crippen molar-refractivity contribution in [2.75, 3.05) is 19.6 Å². The van der Waals surface area contributed by atoms with Gasteiger partial charge in [-0.3, -0.25) is 0 Å². The Kier molecular flexibility index (Phi) is 5.38. The van der Waals surface area contributed by atoms with Crippen molar-refractivity contribution in [3.8, 4) is 0 Å². The van der Waals surface area contributed by atoms with Crippen molar-refractivity contribution in [3.05, 3.63) is 0 Å². The summed E-state index contributed by atoms with van der Waals surface area (Å²) in [6.07, 6.45) is 0. The first-order valence-corrected chi connectivity index (χ1v) is 9.63. The molecule has 86 valence electrons. The molecule has 0 aliphatic heterocycles. The maximum absolute atomic E-state index is 2.54. The molecule has 0 aliphatic rings. The highest BCUT2D eigenvalue weighted by Gasteiger charge is 2.27. The van der Waals surface area contributed by atoms with Gasteiger partial charge in [0, 0.05) is 14.6 Å². The molecule has 0 aromatic heterocycles. The van der Waals surface area contributed by atoms with Crippen LogP contribution in [0.4, 0.5) is 0 Å². The van der Waals surface area contributed by atoms with Gasteiger partial charge in [-0.25, -0.2) is 0 Å². The van der Waals surface area contributed by atoms with Crippen LogP contribution in [0.1, 0.15) is 27.7 Å². The van der Waals surface area contributed by atoms with Crippen molar-refractivity contribution in [3.63, 3.8) is 0 Å². The third kappa shape index (κ3) is 6.60. The predicted molar refractivity (Wildman–Crippen MR) is 69.7 cm³/mol. The summed E-state index contributed by atoms with van der Waals surface area (Å²) in [5.74, 6) is 0. The molecular weight excluding hydrogens is 186 g/mol. The zero-order valence-electron chi connectivity index (χ0n) is 11.3. The molecule has 0 atom stereocenters. The maximum atomic E-state index is 2.54. The van der Waals surface area contributed by atoms with Crippen LogP contribution < -0.4 is 0 Å². The highest BCUT2D eigenvalue weighted by molar-refractivity contribution is 6.76. The third-order valence-corrected chi connectivity index (χ3v) is 4.57. The largest absolute Gasteiger partial charge is 0.303 e. The molecule has 0 amide bonds. The Balaban J connectivity index is 4.18. The number of rotatable bonds is 6. The van der Waals surface area contributed by atoms with E-state index < -0.39 is 8.07 Å². The van der Waals surface area contributed by atoms with Crippen molar-refractivity contribution < 1.29 is 0 Å². The van der Waals surface area contributed by atoms with Crippen molar-refractivity contribution in [2.24, 2.45) is 5.41 Å². The maximum Gasteiger partial charge on any atom is 0.0448 e. The lowest BCUT2D eigenvalue weighted by Crippen LogP contribution is -2.38. The molecule has 0 spiro atoms. The normalized spacial score (nSPS) is 13.7. The van der Waals surface area contributed by atoms with E-state index in [0.717, 1.165) is 0 Å². The lowest BCUT2D eigenvalue weighted by Gasteiger charge is -2.35. The molecule has 0 aromatic rings. The summed E-state index contributed by atoms with van der Waals surface area (Å²) in [6, 6.07) is 1.43. The standard InChI is InChI=1S/C12H29NSi/c1-8-13(9-2)10-12(3,4)11-14(5,6)7/h8-11H2,1-7H3. The van der Waals surface area contributed by atoms with Crippen LogP contribution in [0.2, 0.25) is 25.7 Å². The predicted octanol–water partition coefficient (Wildman–Crippen LogP) is 3.69. The first-order chi connectivity index (χ1) is 6.20. The van der Waals surface area contributed by atoms with E-state index in [-0.39, 0.29) is 0 Å². The Hall–Kier alpha value is 0.177. The monoisotopic (exact) mass is 215 g/mol. The minimum atomic E-state index is -0.912. The quantitative estimate of drug-likeness (QED) is 0.611. The van der Waals surface area contributed by atoms with E-state index in [0.29, 0.717) is 5.41 Å². The average molecular weight is 215 g/mol. The van der Waals surface area contributed by atoms with Gasteiger partial charge in [-0.2, -0.15) is 0 Å². The molecular formula is C12H29NSi. The molecule has 0 rings (SSSR count). The Morgan fingerprint density at radius 3 is 1.71 bits per heavy atom. The molecule has 14 heavy (non-hydrogen) atoms. The van der Waals surface area contributed by atoms with Crippen molar-refractivity contribution >= 4 is 8.07 Å². The number of nitrogens with zero attached hydrogens (tertiary/aromatic N) is 1. The highest BCUT2D eigenvalue weighted by Crippen LogP contribution is 2.29. The topological polar surface area (TPSA) is 3.24 Å². The van der Waals surface area contributed by atoms with Crippen LogP contribution in [0.15, 0.2) is 0 Å². The lowest BCUT2D eigenvalue weighted by molar-refractivity contribution is 0.206. The van der Waals surface area contributed by atoms with Crippen LogP contribution in [0.25, 0.3) is 0 Å². The van der Waals surface area contributed by atoms with Crippen LogP contribution in [0, 0.1) is 5.41 Å². The van der Waals surface area contributed by atoms with Gasteiger partial charge in [-0.1, -0.05) is 53.4 Å². The third-order valence-electron chi connectivity index (χ3n) is 2.55. The Bertz CT molecular complexity index is 154. The molecule has 0 radical (unpaired) electrons. The van der Waals surface area contributed by atoms with Crippen LogP contribution >= 0.6 is 0 Å². The molecule has 0 saturated heterocycles. The fraction of sp³-hybridized carbons (Fsp3) is 1.00. The first-order valence-electron chi connectivity index (χ1n) is 5.92. The number of hydrogen-bond acceptors (Lipinski definition) is 1. The minimum Gasteiger partial charge on any atom is -0.303 e. The van der Waals surface area contributed by atoms with Gasteiger partial charge >= 0.3 is 0 Å². The van der Waals surface area contributed by atoms with Gasteiger partial charge in [0.25, 0.3) is 0 Å². The van der Waals surface area contributed by atoms with Crippen molar-refractivity contribution in [1.82, 2.24) is 4.90 Å². The zero-order valence-corrected chi connectivity index (χ0v) is 12.3. The van der Waals surface area contributed by atoms with Gasteiger partial charge in [0.05, 0.1) is 0 Å². The Labute approximate surface area is 91.9 Å². The van der Waals surface area contributed by atoms with E-state index in [4.69, 9.17) is 0 Å². The molecule has 0 unspecified atom stereocenters. The smallest absolute Gasteiger partial charge is 0.0448 e. The second kappa shape index (κ2) is 5.31. The van der Waals surface area contributed by atoms with Gasteiger partial charge < -0.3 is 4.90 Å². The molecule has 0 aliphatic carbocycles. The van der Waals surface area contributed by atoms with E-state index in [2.05, 4.69) is 52.2 Å². The molecule has 0 fully saturated rings. The summed E-state index contributed by atoms with van der Waals surface area (Å²) in [4.78, 5) is 2.54. The fourth-order valence-corrected chi connectivity index (χ4v) is 5.53. The van der Waals surface area contributed by atoms with Crippen molar-refractivity contribution in [1.29, 1.82) is 0 Å². The first kappa shape index (κ1) is 14.2. The van der Waals surface area contributed by atoms with Crippen LogP contribution in [-0.4, -0.2) is 32.6 Å². The van der Waals surface area contributed by atoms with Gasteiger partial charge in [-0.15, -0.1) is 0 Å². The second-order valence-electron chi connectivity index (χ2n) is 6.36. The summed E-state index contributed by atoms with van der Waals surface area (Å²) >= 11 is 0. The summed E-state index contributed by atoms with van der Waals surface area (Å²) in [7, 11) is -0.912. The van der Waals surface area contributed by atoms with Crippen molar-refractivity contribution in [2.45, 2.75) is 53.4 Å². The Morgan fingerprint density at radius 2 is 1.43 bits per heavy atom. The zero-order chi connectivity index (χ0) is 11.4. The van der Waals surface area contributed by atoms with E-state index in [1.807, 2.05) is 0 Å². The molecule has 0 N–H and O–H groups in total. The highest BCUT2D eigenvalue weighted by atomic mass is 28.3. The minimum absolute atomic E-state index is 0.497. The molecule has 0 heterocycles. The SMILES string of the molecule is CCN(CC)CC(C)(C)C[Si](C)(C)C.